The van der Waals surface area contributed by atoms with Gasteiger partial charge in [-0.1, -0.05) is 11.6 Å². The maximum absolute atomic E-state index is 12.9. The Labute approximate surface area is 147 Å². The van der Waals surface area contributed by atoms with Crippen LogP contribution in [0.3, 0.4) is 0 Å². The van der Waals surface area contributed by atoms with Crippen LogP contribution in [0.5, 0.6) is 0 Å². The Balaban J connectivity index is 2.16. The third-order valence-electron chi connectivity index (χ3n) is 3.15. The van der Waals surface area contributed by atoms with Crippen molar-refractivity contribution in [3.05, 3.63) is 52.8 Å². The number of alkyl halides is 3. The maximum Gasteiger partial charge on any atom is 0.417 e. The number of methoxy groups -OCH3 is 1. The minimum absolute atomic E-state index is 0.176. The number of hydrogen-bond donors (Lipinski definition) is 2. The average molecular weight is 374 g/mol. The molecule has 2 N–H and O–H groups in total. The van der Waals surface area contributed by atoms with E-state index in [1.54, 1.807) is 0 Å². The maximum atomic E-state index is 12.9. The van der Waals surface area contributed by atoms with Crippen LogP contribution in [0.1, 0.15) is 15.9 Å². The summed E-state index contributed by atoms with van der Waals surface area (Å²) in [6.45, 7) is 0.696. The van der Waals surface area contributed by atoms with Crippen LogP contribution in [-0.2, 0) is 10.9 Å². The number of halogens is 4. The highest BCUT2D eigenvalue weighted by molar-refractivity contribution is 6.31. The molecule has 0 aliphatic carbocycles. The van der Waals surface area contributed by atoms with Crippen molar-refractivity contribution in [3.8, 4) is 0 Å². The van der Waals surface area contributed by atoms with Gasteiger partial charge in [0.1, 0.15) is 0 Å². The minimum Gasteiger partial charge on any atom is -0.383 e. The van der Waals surface area contributed by atoms with Gasteiger partial charge in [0, 0.05) is 25.5 Å². The zero-order chi connectivity index (χ0) is 18.4. The van der Waals surface area contributed by atoms with Gasteiger partial charge in [-0.2, -0.15) is 13.2 Å². The van der Waals surface area contributed by atoms with Gasteiger partial charge in [-0.05, 0) is 24.3 Å². The standard InChI is InChI=1S/C16H15ClF3N3O2/c1-25-5-4-22-15(24)10-6-12(9-21-8-10)23-11-2-3-14(17)13(7-11)16(18,19)20/h2-3,6-9,23H,4-5H2,1H3,(H,22,24). The van der Waals surface area contributed by atoms with Crippen LogP contribution in [-0.4, -0.2) is 31.2 Å². The van der Waals surface area contributed by atoms with Gasteiger partial charge in [0.15, 0.2) is 0 Å². The highest BCUT2D eigenvalue weighted by Gasteiger charge is 2.33. The zero-order valence-electron chi connectivity index (χ0n) is 13.2. The Morgan fingerprint density at radius 2 is 2.00 bits per heavy atom. The summed E-state index contributed by atoms with van der Waals surface area (Å²) in [5.41, 5.74) is -0.128. The predicted molar refractivity (Wildman–Crippen MR) is 88.2 cm³/mol. The molecule has 0 fully saturated rings. The lowest BCUT2D eigenvalue weighted by Gasteiger charge is -2.13. The molecule has 2 aromatic rings. The van der Waals surface area contributed by atoms with E-state index >= 15 is 0 Å². The number of aromatic nitrogens is 1. The first-order valence-corrected chi connectivity index (χ1v) is 7.55. The number of hydrogen-bond acceptors (Lipinski definition) is 4. The van der Waals surface area contributed by atoms with Gasteiger partial charge in [0.25, 0.3) is 5.91 Å². The van der Waals surface area contributed by atoms with Crippen LogP contribution in [0.25, 0.3) is 0 Å². The van der Waals surface area contributed by atoms with Gasteiger partial charge in [0.05, 0.1) is 34.6 Å². The van der Waals surface area contributed by atoms with Crippen LogP contribution in [0, 0.1) is 0 Å². The molecule has 1 aromatic carbocycles. The summed E-state index contributed by atoms with van der Waals surface area (Å²) in [5, 5.41) is 5.02. The SMILES string of the molecule is COCCNC(=O)c1cncc(Nc2ccc(Cl)c(C(F)(F)F)c2)c1. The summed E-state index contributed by atoms with van der Waals surface area (Å²) < 4.78 is 43.5. The average Bonchev–Trinajstić information content (AvgIpc) is 2.56. The molecule has 0 aliphatic rings. The van der Waals surface area contributed by atoms with Crippen molar-refractivity contribution in [2.45, 2.75) is 6.18 Å². The summed E-state index contributed by atoms with van der Waals surface area (Å²) in [6.07, 6.45) is -1.81. The molecule has 0 aliphatic heterocycles. The van der Waals surface area contributed by atoms with E-state index in [1.807, 2.05) is 0 Å². The Morgan fingerprint density at radius 3 is 2.68 bits per heavy atom. The van der Waals surface area contributed by atoms with Crippen LogP contribution < -0.4 is 10.6 Å². The van der Waals surface area contributed by atoms with Crippen molar-refractivity contribution in [2.24, 2.45) is 0 Å². The fourth-order valence-electron chi connectivity index (χ4n) is 1.99. The van der Waals surface area contributed by atoms with Crippen LogP contribution in [0.2, 0.25) is 5.02 Å². The molecular weight excluding hydrogens is 359 g/mol. The number of ether oxygens (including phenoxy) is 1. The molecule has 1 amide bonds. The number of amides is 1. The molecule has 25 heavy (non-hydrogen) atoms. The second-order valence-corrected chi connectivity index (χ2v) is 5.44. The summed E-state index contributed by atoms with van der Waals surface area (Å²) in [5.74, 6) is -0.361. The predicted octanol–water partition coefficient (Wildman–Crippen LogP) is 3.87. The van der Waals surface area contributed by atoms with Gasteiger partial charge in [-0.15, -0.1) is 0 Å². The Morgan fingerprint density at radius 1 is 1.24 bits per heavy atom. The van der Waals surface area contributed by atoms with E-state index in [1.165, 1.54) is 31.6 Å². The number of carbonyl (C=O) groups excluding carboxylic acids is 1. The number of carbonyl (C=O) groups is 1. The monoisotopic (exact) mass is 373 g/mol. The van der Waals surface area contributed by atoms with Gasteiger partial charge in [-0.25, -0.2) is 0 Å². The normalized spacial score (nSPS) is 11.2. The number of pyridine rings is 1. The molecule has 0 bridgehead atoms. The second kappa shape index (κ2) is 8.17. The first-order chi connectivity index (χ1) is 11.8. The third kappa shape index (κ3) is 5.33. The second-order valence-electron chi connectivity index (χ2n) is 5.03. The topological polar surface area (TPSA) is 63.2 Å². The number of benzene rings is 1. The van der Waals surface area contributed by atoms with Crippen molar-refractivity contribution < 1.29 is 22.7 Å². The van der Waals surface area contributed by atoms with E-state index in [-0.39, 0.29) is 22.2 Å². The molecule has 0 atom stereocenters. The number of anilines is 2. The van der Waals surface area contributed by atoms with Crippen molar-refractivity contribution in [1.82, 2.24) is 10.3 Å². The summed E-state index contributed by atoms with van der Waals surface area (Å²) in [6, 6.07) is 4.94. The fraction of sp³-hybridized carbons (Fsp3) is 0.250. The molecule has 1 aromatic heterocycles. The van der Waals surface area contributed by atoms with Gasteiger partial charge in [-0.3, -0.25) is 9.78 Å². The summed E-state index contributed by atoms with van der Waals surface area (Å²) >= 11 is 5.59. The van der Waals surface area contributed by atoms with Crippen molar-refractivity contribution in [2.75, 3.05) is 25.6 Å². The lowest BCUT2D eigenvalue weighted by Crippen LogP contribution is -2.27. The molecule has 9 heteroatoms. The largest absolute Gasteiger partial charge is 0.417 e. The zero-order valence-corrected chi connectivity index (χ0v) is 13.9. The van der Waals surface area contributed by atoms with Crippen LogP contribution in [0.4, 0.5) is 24.5 Å². The van der Waals surface area contributed by atoms with E-state index in [2.05, 4.69) is 15.6 Å². The van der Waals surface area contributed by atoms with Crippen molar-refractivity contribution in [1.29, 1.82) is 0 Å². The molecule has 134 valence electrons. The molecule has 0 unspecified atom stereocenters. The van der Waals surface area contributed by atoms with Crippen LogP contribution >= 0.6 is 11.6 Å². The van der Waals surface area contributed by atoms with E-state index in [0.29, 0.717) is 18.8 Å². The summed E-state index contributed by atoms with van der Waals surface area (Å²) in [4.78, 5) is 15.9. The van der Waals surface area contributed by atoms with Crippen LogP contribution in [0.15, 0.2) is 36.7 Å². The highest BCUT2D eigenvalue weighted by Crippen LogP contribution is 2.36. The smallest absolute Gasteiger partial charge is 0.383 e. The number of nitrogens with one attached hydrogen (secondary N) is 2. The minimum atomic E-state index is -4.56. The van der Waals surface area contributed by atoms with E-state index < -0.39 is 11.7 Å². The molecular formula is C16H15ClF3N3O2. The first-order valence-electron chi connectivity index (χ1n) is 7.17. The molecule has 2 rings (SSSR count). The molecule has 1 heterocycles. The van der Waals surface area contributed by atoms with Crippen molar-refractivity contribution >= 4 is 28.9 Å². The Kier molecular flexibility index (Phi) is 6.22. The lowest BCUT2D eigenvalue weighted by molar-refractivity contribution is -0.137. The van der Waals surface area contributed by atoms with E-state index in [0.717, 1.165) is 12.1 Å². The van der Waals surface area contributed by atoms with E-state index in [9.17, 15) is 18.0 Å². The summed E-state index contributed by atoms with van der Waals surface area (Å²) in [7, 11) is 1.51. The lowest BCUT2D eigenvalue weighted by atomic mass is 10.2. The Bertz CT molecular complexity index is 754. The van der Waals surface area contributed by atoms with Crippen molar-refractivity contribution in [3.63, 3.8) is 0 Å². The number of rotatable bonds is 6. The molecule has 0 saturated heterocycles. The van der Waals surface area contributed by atoms with E-state index in [4.69, 9.17) is 16.3 Å². The number of nitrogens with zero attached hydrogens (tertiary/aromatic N) is 1. The van der Waals surface area contributed by atoms with Gasteiger partial charge < -0.3 is 15.4 Å². The first kappa shape index (κ1) is 19.0. The molecule has 5 nitrogen and oxygen atoms in total. The Hall–Kier alpha value is -2.32. The highest BCUT2D eigenvalue weighted by atomic mass is 35.5. The fourth-order valence-corrected chi connectivity index (χ4v) is 2.21. The van der Waals surface area contributed by atoms with Gasteiger partial charge >= 0.3 is 6.18 Å². The molecule has 0 radical (unpaired) electrons. The quantitative estimate of drug-likeness (QED) is 0.754. The van der Waals surface area contributed by atoms with Gasteiger partial charge in [0.2, 0.25) is 0 Å². The third-order valence-corrected chi connectivity index (χ3v) is 3.48. The molecule has 0 spiro atoms. The molecule has 0 saturated carbocycles.